The SMILES string of the molecule is CO[SiH](OC)C(C)(C)C(C)CC1CCCCC1. The van der Waals surface area contributed by atoms with Crippen LogP contribution in [-0.4, -0.2) is 23.5 Å². The van der Waals surface area contributed by atoms with E-state index in [-0.39, 0.29) is 5.04 Å². The molecule has 3 heteroatoms. The van der Waals surface area contributed by atoms with Gasteiger partial charge in [0.25, 0.3) is 0 Å². The lowest BCUT2D eigenvalue weighted by atomic mass is 9.80. The third-order valence-electron chi connectivity index (χ3n) is 4.72. The van der Waals surface area contributed by atoms with E-state index in [9.17, 15) is 0 Å². The average molecular weight is 258 g/mol. The van der Waals surface area contributed by atoms with Crippen LogP contribution in [0, 0.1) is 11.8 Å². The Labute approximate surface area is 109 Å². The van der Waals surface area contributed by atoms with Gasteiger partial charge < -0.3 is 8.85 Å². The molecule has 0 aromatic rings. The van der Waals surface area contributed by atoms with E-state index >= 15 is 0 Å². The second kappa shape index (κ2) is 6.91. The molecule has 0 saturated heterocycles. The van der Waals surface area contributed by atoms with E-state index in [0.29, 0.717) is 5.92 Å². The lowest BCUT2D eigenvalue weighted by molar-refractivity contribution is 0.199. The number of rotatable bonds is 6. The van der Waals surface area contributed by atoms with Crippen LogP contribution in [0.5, 0.6) is 0 Å². The predicted octanol–water partition coefficient (Wildman–Crippen LogP) is 3.89. The Morgan fingerprint density at radius 1 is 1.12 bits per heavy atom. The summed E-state index contributed by atoms with van der Waals surface area (Å²) >= 11 is 0. The standard InChI is InChI=1S/C14H30O2Si/c1-12(11-13-9-7-6-8-10-13)14(2,3)17(15-4)16-5/h12-13,17H,6-11H2,1-5H3. The zero-order valence-electron chi connectivity index (χ0n) is 12.3. The van der Waals surface area contributed by atoms with Gasteiger partial charge in [0, 0.05) is 19.3 Å². The molecule has 17 heavy (non-hydrogen) atoms. The van der Waals surface area contributed by atoms with Crippen molar-refractivity contribution >= 4 is 9.28 Å². The zero-order valence-corrected chi connectivity index (χ0v) is 13.4. The quantitative estimate of drug-likeness (QED) is 0.673. The minimum Gasteiger partial charge on any atom is -0.400 e. The molecular formula is C14H30O2Si. The summed E-state index contributed by atoms with van der Waals surface area (Å²) in [6.07, 6.45) is 8.55. The molecule has 0 aromatic carbocycles. The molecule has 1 unspecified atom stereocenters. The Bertz CT molecular complexity index is 208. The Hall–Kier alpha value is 0.137. The first-order chi connectivity index (χ1) is 8.02. The third-order valence-corrected chi connectivity index (χ3v) is 7.36. The lowest BCUT2D eigenvalue weighted by Gasteiger charge is -2.38. The smallest absolute Gasteiger partial charge is 0.327 e. The van der Waals surface area contributed by atoms with Gasteiger partial charge in [-0.15, -0.1) is 0 Å². The topological polar surface area (TPSA) is 18.5 Å². The van der Waals surface area contributed by atoms with E-state index in [0.717, 1.165) is 5.92 Å². The minimum absolute atomic E-state index is 0.223. The molecule has 1 saturated carbocycles. The normalized spacial score (nSPS) is 20.8. The minimum atomic E-state index is -1.53. The second-order valence-electron chi connectivity index (χ2n) is 6.27. The maximum Gasteiger partial charge on any atom is 0.327 e. The van der Waals surface area contributed by atoms with Gasteiger partial charge in [-0.3, -0.25) is 0 Å². The van der Waals surface area contributed by atoms with Crippen molar-refractivity contribution in [3.05, 3.63) is 0 Å². The Morgan fingerprint density at radius 3 is 2.12 bits per heavy atom. The summed E-state index contributed by atoms with van der Waals surface area (Å²) < 4.78 is 11.2. The second-order valence-corrected chi connectivity index (χ2v) is 9.36. The fourth-order valence-electron chi connectivity index (χ4n) is 3.16. The molecule has 0 radical (unpaired) electrons. The van der Waals surface area contributed by atoms with Crippen molar-refractivity contribution in [2.45, 2.75) is 64.3 Å². The van der Waals surface area contributed by atoms with Gasteiger partial charge >= 0.3 is 9.28 Å². The van der Waals surface area contributed by atoms with Gasteiger partial charge in [0.15, 0.2) is 0 Å². The summed E-state index contributed by atoms with van der Waals surface area (Å²) in [5, 5.41) is 0.223. The Kier molecular flexibility index (Phi) is 6.17. The predicted molar refractivity (Wildman–Crippen MR) is 75.6 cm³/mol. The van der Waals surface area contributed by atoms with Crippen LogP contribution in [0.15, 0.2) is 0 Å². The fourth-order valence-corrected chi connectivity index (χ4v) is 5.17. The third kappa shape index (κ3) is 4.07. The van der Waals surface area contributed by atoms with Gasteiger partial charge in [0.2, 0.25) is 0 Å². The number of hydrogen-bond donors (Lipinski definition) is 0. The summed E-state index contributed by atoms with van der Waals surface area (Å²) in [5.74, 6) is 1.64. The molecule has 0 aliphatic heterocycles. The maximum atomic E-state index is 5.59. The van der Waals surface area contributed by atoms with E-state index in [1.807, 2.05) is 0 Å². The van der Waals surface area contributed by atoms with Crippen molar-refractivity contribution in [2.24, 2.45) is 11.8 Å². The zero-order chi connectivity index (χ0) is 12.9. The van der Waals surface area contributed by atoms with Crippen molar-refractivity contribution in [1.82, 2.24) is 0 Å². The van der Waals surface area contributed by atoms with Gasteiger partial charge in [0.1, 0.15) is 0 Å². The largest absolute Gasteiger partial charge is 0.400 e. The van der Waals surface area contributed by atoms with E-state index in [2.05, 4.69) is 20.8 Å². The van der Waals surface area contributed by atoms with Gasteiger partial charge in [-0.2, -0.15) is 0 Å². The molecule has 2 nitrogen and oxygen atoms in total. The van der Waals surface area contributed by atoms with Gasteiger partial charge in [-0.1, -0.05) is 52.9 Å². The van der Waals surface area contributed by atoms with Crippen molar-refractivity contribution in [1.29, 1.82) is 0 Å². The van der Waals surface area contributed by atoms with Crippen LogP contribution in [0.4, 0.5) is 0 Å². The molecule has 0 aromatic heterocycles. The summed E-state index contributed by atoms with van der Waals surface area (Å²) in [5.41, 5.74) is 0. The van der Waals surface area contributed by atoms with Crippen molar-refractivity contribution in [2.75, 3.05) is 14.2 Å². The van der Waals surface area contributed by atoms with Crippen LogP contribution < -0.4 is 0 Å². The highest BCUT2D eigenvalue weighted by Gasteiger charge is 2.38. The van der Waals surface area contributed by atoms with Crippen LogP contribution >= 0.6 is 0 Å². The molecule has 0 N–H and O–H groups in total. The Morgan fingerprint density at radius 2 is 1.65 bits per heavy atom. The molecule has 1 aliphatic rings. The van der Waals surface area contributed by atoms with Crippen LogP contribution in [0.2, 0.25) is 5.04 Å². The summed E-state index contributed by atoms with van der Waals surface area (Å²) in [4.78, 5) is 0. The van der Waals surface area contributed by atoms with Crippen molar-refractivity contribution < 1.29 is 8.85 Å². The first-order valence-corrected chi connectivity index (χ1v) is 8.60. The monoisotopic (exact) mass is 258 g/mol. The highest BCUT2D eigenvalue weighted by atomic mass is 28.3. The fraction of sp³-hybridized carbons (Fsp3) is 1.00. The van der Waals surface area contributed by atoms with Gasteiger partial charge in [-0.25, -0.2) is 0 Å². The van der Waals surface area contributed by atoms with Gasteiger partial charge in [0.05, 0.1) is 0 Å². The van der Waals surface area contributed by atoms with E-state index in [4.69, 9.17) is 8.85 Å². The summed E-state index contributed by atoms with van der Waals surface area (Å²) in [6, 6.07) is 0. The van der Waals surface area contributed by atoms with Crippen LogP contribution in [0.25, 0.3) is 0 Å². The van der Waals surface area contributed by atoms with Crippen molar-refractivity contribution in [3.8, 4) is 0 Å². The van der Waals surface area contributed by atoms with E-state index < -0.39 is 9.28 Å². The van der Waals surface area contributed by atoms with Crippen LogP contribution in [0.3, 0.4) is 0 Å². The molecule has 1 fully saturated rings. The van der Waals surface area contributed by atoms with Crippen molar-refractivity contribution in [3.63, 3.8) is 0 Å². The molecule has 102 valence electrons. The highest BCUT2D eigenvalue weighted by Crippen LogP contribution is 2.43. The molecule has 0 bridgehead atoms. The highest BCUT2D eigenvalue weighted by molar-refractivity contribution is 6.48. The molecular weight excluding hydrogens is 228 g/mol. The molecule has 1 rings (SSSR count). The first-order valence-electron chi connectivity index (χ1n) is 7.08. The number of hydrogen-bond acceptors (Lipinski definition) is 2. The van der Waals surface area contributed by atoms with E-state index in [1.54, 1.807) is 14.2 Å². The lowest BCUT2D eigenvalue weighted by Crippen LogP contribution is -2.38. The molecule has 0 heterocycles. The van der Waals surface area contributed by atoms with Crippen LogP contribution in [-0.2, 0) is 8.85 Å². The molecule has 1 aliphatic carbocycles. The maximum absolute atomic E-state index is 5.59. The molecule has 1 atom stereocenters. The average Bonchev–Trinajstić information content (AvgIpc) is 2.31. The van der Waals surface area contributed by atoms with E-state index in [1.165, 1.54) is 38.5 Å². The molecule has 0 amide bonds. The summed E-state index contributed by atoms with van der Waals surface area (Å²) in [7, 11) is 2.07. The summed E-state index contributed by atoms with van der Waals surface area (Å²) in [6.45, 7) is 7.03. The molecule has 0 spiro atoms. The first kappa shape index (κ1) is 15.2. The van der Waals surface area contributed by atoms with Gasteiger partial charge in [-0.05, 0) is 18.3 Å². The Balaban J connectivity index is 2.51. The van der Waals surface area contributed by atoms with Crippen LogP contribution in [0.1, 0.15) is 59.3 Å².